The predicted octanol–water partition coefficient (Wildman–Crippen LogP) is 0.161. The van der Waals surface area contributed by atoms with Gasteiger partial charge in [-0.15, -0.1) is 0 Å². The third kappa shape index (κ3) is 3.07. The van der Waals surface area contributed by atoms with Crippen LogP contribution in [0.5, 0.6) is 0 Å². The van der Waals surface area contributed by atoms with Gasteiger partial charge in [-0.3, -0.25) is 9.13 Å². The van der Waals surface area contributed by atoms with Crippen LogP contribution in [-0.2, 0) is 15.7 Å². The van der Waals surface area contributed by atoms with E-state index in [-0.39, 0.29) is 16.3 Å². The van der Waals surface area contributed by atoms with Crippen molar-refractivity contribution < 1.29 is 28.7 Å². The lowest BCUT2D eigenvalue weighted by atomic mass is 10.5. The second kappa shape index (κ2) is 5.16. The van der Waals surface area contributed by atoms with Crippen LogP contribution in [0.25, 0.3) is 11.2 Å². The molecule has 2 rings (SSSR count). The Morgan fingerprint density at radius 2 is 1.75 bits per heavy atom. The lowest BCUT2D eigenvalue weighted by Gasteiger charge is -2.20. The van der Waals surface area contributed by atoms with E-state index in [0.29, 0.717) is 0 Å². The fourth-order valence-corrected chi connectivity index (χ4v) is 4.18. The Morgan fingerprint density at radius 3 is 2.30 bits per heavy atom. The molecule has 20 heavy (non-hydrogen) atoms. The standard InChI is InChI=1S/C7H9ClN4O6P2/c8-6-5-7(10-2-9-6)11-3-12(5)1-4(19(13,14)15)20(16,17)18/h2-4H,1H2,(H2,13,14,15)(H2,16,17,18). The molecule has 2 heterocycles. The molecule has 0 spiro atoms. The molecule has 0 unspecified atom stereocenters. The van der Waals surface area contributed by atoms with Crippen molar-refractivity contribution in [1.29, 1.82) is 0 Å². The Kier molecular flexibility index (Phi) is 4.01. The molecule has 0 aliphatic heterocycles. The summed E-state index contributed by atoms with van der Waals surface area (Å²) in [6, 6.07) is 0. The quantitative estimate of drug-likeness (QED) is 0.448. The monoisotopic (exact) mass is 342 g/mol. The minimum absolute atomic E-state index is 0.0392. The van der Waals surface area contributed by atoms with Crippen molar-refractivity contribution in [2.45, 2.75) is 11.9 Å². The van der Waals surface area contributed by atoms with E-state index in [1.54, 1.807) is 0 Å². The lowest BCUT2D eigenvalue weighted by molar-refractivity contribution is 0.332. The third-order valence-electron chi connectivity index (χ3n) is 2.50. The molecule has 0 radical (unpaired) electrons. The van der Waals surface area contributed by atoms with Crippen LogP contribution in [0.4, 0.5) is 0 Å². The maximum Gasteiger partial charge on any atom is 0.342 e. The van der Waals surface area contributed by atoms with Crippen LogP contribution in [0.3, 0.4) is 0 Å². The molecule has 4 N–H and O–H groups in total. The first-order valence-electron chi connectivity index (χ1n) is 5.02. The summed E-state index contributed by atoms with van der Waals surface area (Å²) in [5.41, 5.74) is 0.293. The maximum absolute atomic E-state index is 11.2. The highest BCUT2D eigenvalue weighted by Crippen LogP contribution is 2.60. The van der Waals surface area contributed by atoms with Crippen molar-refractivity contribution >= 4 is 38.0 Å². The van der Waals surface area contributed by atoms with Gasteiger partial charge in [0.1, 0.15) is 11.8 Å². The van der Waals surface area contributed by atoms with Gasteiger partial charge in [-0.1, -0.05) is 11.6 Å². The number of aromatic nitrogens is 4. The highest BCUT2D eigenvalue weighted by Gasteiger charge is 2.43. The molecule has 0 bridgehead atoms. The van der Waals surface area contributed by atoms with Crippen LogP contribution >= 0.6 is 26.8 Å². The first-order valence-corrected chi connectivity index (χ1v) is 8.76. The zero-order chi connectivity index (χ0) is 15.1. The summed E-state index contributed by atoms with van der Waals surface area (Å²) in [7, 11) is -10.1. The molecule has 13 heteroatoms. The van der Waals surface area contributed by atoms with Crippen molar-refractivity contribution in [2.24, 2.45) is 0 Å². The van der Waals surface area contributed by atoms with Gasteiger partial charge in [-0.2, -0.15) is 0 Å². The van der Waals surface area contributed by atoms with Crippen LogP contribution < -0.4 is 0 Å². The normalized spacial score (nSPS) is 13.3. The second-order valence-electron chi connectivity index (χ2n) is 3.89. The molecule has 0 aromatic carbocycles. The molecule has 0 amide bonds. The Labute approximate surface area is 116 Å². The number of imidazole rings is 1. The first kappa shape index (κ1) is 15.5. The SMILES string of the molecule is O=P(O)(O)C(Cn1cnc2ncnc(Cl)c21)P(=O)(O)O. The van der Waals surface area contributed by atoms with Gasteiger partial charge in [0, 0.05) is 0 Å². The summed E-state index contributed by atoms with van der Waals surface area (Å²) in [5, 5.41) is -2.23. The van der Waals surface area contributed by atoms with Gasteiger partial charge in [-0.25, -0.2) is 15.0 Å². The third-order valence-corrected chi connectivity index (χ3v) is 6.46. The fourth-order valence-electron chi connectivity index (χ4n) is 1.60. The number of rotatable bonds is 4. The molecule has 0 aliphatic carbocycles. The summed E-state index contributed by atoms with van der Waals surface area (Å²) < 4.78 is 23.6. The highest BCUT2D eigenvalue weighted by molar-refractivity contribution is 7.70. The molecule has 2 aromatic rings. The van der Waals surface area contributed by atoms with E-state index in [2.05, 4.69) is 15.0 Å². The molecular weight excluding hydrogens is 334 g/mol. The summed E-state index contributed by atoms with van der Waals surface area (Å²) in [5.74, 6) is 0. The van der Waals surface area contributed by atoms with Crippen molar-refractivity contribution in [3.05, 3.63) is 17.8 Å². The average Bonchev–Trinajstić information content (AvgIpc) is 2.67. The number of fused-ring (bicyclic) bond motifs is 1. The van der Waals surface area contributed by atoms with E-state index >= 15 is 0 Å². The van der Waals surface area contributed by atoms with E-state index in [0.717, 1.165) is 17.2 Å². The van der Waals surface area contributed by atoms with Crippen molar-refractivity contribution in [1.82, 2.24) is 19.5 Å². The molecular formula is C7H9ClN4O6P2. The number of nitrogens with zero attached hydrogens (tertiary/aromatic N) is 4. The zero-order valence-electron chi connectivity index (χ0n) is 9.61. The van der Waals surface area contributed by atoms with Gasteiger partial charge in [-0.05, 0) is 0 Å². The molecule has 110 valence electrons. The summed E-state index contributed by atoms with van der Waals surface area (Å²) >= 11 is 5.82. The van der Waals surface area contributed by atoms with Gasteiger partial charge in [0.05, 0.1) is 12.9 Å². The maximum atomic E-state index is 11.2. The Hall–Kier alpha value is -0.860. The van der Waals surface area contributed by atoms with Gasteiger partial charge >= 0.3 is 15.2 Å². The molecule has 0 atom stereocenters. The van der Waals surface area contributed by atoms with E-state index in [1.165, 1.54) is 0 Å². The summed E-state index contributed by atoms with van der Waals surface area (Å²) in [6.07, 6.45) is 2.27. The Morgan fingerprint density at radius 1 is 1.15 bits per heavy atom. The Bertz CT molecular complexity index is 716. The molecule has 10 nitrogen and oxygen atoms in total. The number of hydrogen-bond donors (Lipinski definition) is 4. The van der Waals surface area contributed by atoms with Crippen LogP contribution in [-0.4, -0.2) is 44.5 Å². The molecule has 0 saturated heterocycles. The zero-order valence-corrected chi connectivity index (χ0v) is 12.2. The molecule has 0 fully saturated rings. The second-order valence-corrected chi connectivity index (χ2v) is 8.26. The van der Waals surface area contributed by atoms with Crippen LogP contribution in [0.15, 0.2) is 12.7 Å². The van der Waals surface area contributed by atoms with Gasteiger partial charge in [0.2, 0.25) is 0 Å². The Balaban J connectivity index is 2.50. The largest absolute Gasteiger partial charge is 0.342 e. The number of hydrogen-bond acceptors (Lipinski definition) is 5. The highest BCUT2D eigenvalue weighted by atomic mass is 35.5. The number of halogens is 1. The summed E-state index contributed by atoms with van der Waals surface area (Å²) in [6.45, 7) is -0.669. The van der Waals surface area contributed by atoms with E-state index < -0.39 is 27.1 Å². The smallest absolute Gasteiger partial charge is 0.325 e. The minimum Gasteiger partial charge on any atom is -0.325 e. The van der Waals surface area contributed by atoms with E-state index in [9.17, 15) is 9.13 Å². The van der Waals surface area contributed by atoms with Crippen molar-refractivity contribution in [3.63, 3.8) is 0 Å². The molecule has 0 saturated carbocycles. The average molecular weight is 343 g/mol. The van der Waals surface area contributed by atoms with E-state index in [1.807, 2.05) is 0 Å². The topological polar surface area (TPSA) is 159 Å². The fraction of sp³-hybridized carbons (Fsp3) is 0.286. The molecule has 0 aliphatic rings. The van der Waals surface area contributed by atoms with Crippen LogP contribution in [0.2, 0.25) is 5.15 Å². The van der Waals surface area contributed by atoms with Gasteiger partial charge in [0.15, 0.2) is 16.2 Å². The van der Waals surface area contributed by atoms with E-state index in [4.69, 9.17) is 31.2 Å². The molecule has 2 aromatic heterocycles. The summed E-state index contributed by atoms with van der Waals surface area (Å²) in [4.78, 5) is 47.6. The van der Waals surface area contributed by atoms with Crippen LogP contribution in [0.1, 0.15) is 0 Å². The van der Waals surface area contributed by atoms with Crippen molar-refractivity contribution in [2.75, 3.05) is 0 Å². The van der Waals surface area contributed by atoms with Crippen LogP contribution in [0, 0.1) is 0 Å². The minimum atomic E-state index is -5.03. The lowest BCUT2D eigenvalue weighted by Crippen LogP contribution is -2.17. The van der Waals surface area contributed by atoms with Gasteiger partial charge in [0.25, 0.3) is 0 Å². The first-order chi connectivity index (χ1) is 9.10. The van der Waals surface area contributed by atoms with Gasteiger partial charge < -0.3 is 24.1 Å². The predicted molar refractivity (Wildman–Crippen MR) is 68.2 cm³/mol. The van der Waals surface area contributed by atoms with Crippen molar-refractivity contribution in [3.8, 4) is 0 Å².